The second-order valence-corrected chi connectivity index (χ2v) is 4.37. The number of ether oxygens (including phenoxy) is 1. The van der Waals surface area contributed by atoms with Gasteiger partial charge in [-0.25, -0.2) is 0 Å². The summed E-state index contributed by atoms with van der Waals surface area (Å²) in [5, 5.41) is 3.54. The molecule has 0 radical (unpaired) electrons. The molecule has 2 heteroatoms. The van der Waals surface area contributed by atoms with Gasteiger partial charge in [-0.1, -0.05) is 19.1 Å². The lowest BCUT2D eigenvalue weighted by Gasteiger charge is -2.18. The molecule has 0 bridgehead atoms. The van der Waals surface area contributed by atoms with Gasteiger partial charge >= 0.3 is 0 Å². The first-order valence-corrected chi connectivity index (χ1v) is 6.50. The van der Waals surface area contributed by atoms with Crippen LogP contribution in [-0.2, 0) is 0 Å². The molecule has 1 aromatic rings. The van der Waals surface area contributed by atoms with E-state index in [0.29, 0.717) is 6.04 Å². The second kappa shape index (κ2) is 7.79. The van der Waals surface area contributed by atoms with E-state index in [4.69, 9.17) is 4.74 Å². The fourth-order valence-electron chi connectivity index (χ4n) is 1.95. The molecule has 0 spiro atoms. The van der Waals surface area contributed by atoms with Crippen molar-refractivity contribution in [3.05, 3.63) is 29.3 Å². The van der Waals surface area contributed by atoms with E-state index in [0.717, 1.165) is 25.1 Å². The van der Waals surface area contributed by atoms with Gasteiger partial charge < -0.3 is 10.1 Å². The molecule has 1 unspecified atom stereocenters. The Morgan fingerprint density at radius 2 is 2.17 bits per heavy atom. The summed E-state index contributed by atoms with van der Waals surface area (Å²) in [5.41, 5.74) is 2.45. The van der Waals surface area contributed by atoms with Crippen LogP contribution in [0.3, 0.4) is 0 Å². The summed E-state index contributed by atoms with van der Waals surface area (Å²) in [7, 11) is 1.71. The number of hydrogen-bond donors (Lipinski definition) is 1. The number of benzene rings is 1. The lowest BCUT2D eigenvalue weighted by Crippen LogP contribution is -2.21. The van der Waals surface area contributed by atoms with Crippen LogP contribution >= 0.6 is 0 Å². The quantitative estimate of drug-likeness (QED) is 0.775. The van der Waals surface area contributed by atoms with Crippen molar-refractivity contribution in [2.75, 3.05) is 13.7 Å². The van der Waals surface area contributed by atoms with E-state index in [9.17, 15) is 0 Å². The monoisotopic (exact) mass is 245 g/mol. The Hall–Kier alpha value is -1.46. The van der Waals surface area contributed by atoms with Crippen LogP contribution in [0.15, 0.2) is 18.2 Å². The standard InChI is InChI=1S/C16H23NO/c1-5-7-8-15(17-11-6-2)14-9-10-16(18-4)13(3)12-14/h9-10,12,15,17H,6,8,11H2,1-4H3. The summed E-state index contributed by atoms with van der Waals surface area (Å²) in [6.45, 7) is 7.15. The smallest absolute Gasteiger partial charge is 0.121 e. The van der Waals surface area contributed by atoms with Crippen molar-refractivity contribution in [1.82, 2.24) is 5.32 Å². The molecule has 1 rings (SSSR count). The molecule has 2 nitrogen and oxygen atoms in total. The lowest BCUT2D eigenvalue weighted by molar-refractivity contribution is 0.411. The van der Waals surface area contributed by atoms with E-state index >= 15 is 0 Å². The van der Waals surface area contributed by atoms with Gasteiger partial charge in [0.05, 0.1) is 7.11 Å². The number of nitrogens with one attached hydrogen (secondary N) is 1. The first-order chi connectivity index (χ1) is 8.72. The molecule has 1 atom stereocenters. The van der Waals surface area contributed by atoms with Crippen LogP contribution in [0.5, 0.6) is 5.75 Å². The average Bonchev–Trinajstić information content (AvgIpc) is 2.39. The van der Waals surface area contributed by atoms with Gasteiger partial charge in [-0.2, -0.15) is 0 Å². The zero-order valence-electron chi connectivity index (χ0n) is 11.8. The van der Waals surface area contributed by atoms with Crippen LogP contribution in [-0.4, -0.2) is 13.7 Å². The van der Waals surface area contributed by atoms with Gasteiger partial charge in [0.25, 0.3) is 0 Å². The van der Waals surface area contributed by atoms with E-state index in [2.05, 4.69) is 43.1 Å². The highest BCUT2D eigenvalue weighted by Gasteiger charge is 2.10. The first kappa shape index (κ1) is 14.6. The average molecular weight is 245 g/mol. The SMILES string of the molecule is CC#CCC(NCCC)c1ccc(OC)c(C)c1. The minimum Gasteiger partial charge on any atom is -0.496 e. The predicted molar refractivity (Wildman–Crippen MR) is 76.8 cm³/mol. The van der Waals surface area contributed by atoms with Gasteiger partial charge in [0.1, 0.15) is 5.75 Å². The minimum atomic E-state index is 0.307. The normalized spacial score (nSPS) is 11.6. The molecule has 1 N–H and O–H groups in total. The topological polar surface area (TPSA) is 21.3 Å². The molecule has 1 aromatic carbocycles. The van der Waals surface area contributed by atoms with Crippen LogP contribution in [0.4, 0.5) is 0 Å². The van der Waals surface area contributed by atoms with E-state index in [1.54, 1.807) is 7.11 Å². The fourth-order valence-corrected chi connectivity index (χ4v) is 1.95. The van der Waals surface area contributed by atoms with Crippen LogP contribution in [0.1, 0.15) is 43.9 Å². The molecule has 0 aromatic heterocycles. The highest BCUT2D eigenvalue weighted by atomic mass is 16.5. The van der Waals surface area contributed by atoms with Crippen LogP contribution < -0.4 is 10.1 Å². The molecule has 0 saturated heterocycles. The van der Waals surface area contributed by atoms with Crippen molar-refractivity contribution in [2.45, 2.75) is 39.7 Å². The largest absolute Gasteiger partial charge is 0.496 e. The van der Waals surface area contributed by atoms with Gasteiger partial charge in [-0.05, 0) is 44.0 Å². The predicted octanol–water partition coefficient (Wildman–Crippen LogP) is 3.46. The van der Waals surface area contributed by atoms with Crippen molar-refractivity contribution in [1.29, 1.82) is 0 Å². The molecule has 18 heavy (non-hydrogen) atoms. The summed E-state index contributed by atoms with van der Waals surface area (Å²) < 4.78 is 5.29. The summed E-state index contributed by atoms with van der Waals surface area (Å²) in [6, 6.07) is 6.65. The van der Waals surface area contributed by atoms with Gasteiger partial charge in [0.2, 0.25) is 0 Å². The van der Waals surface area contributed by atoms with Crippen molar-refractivity contribution in [3.8, 4) is 17.6 Å². The maximum Gasteiger partial charge on any atom is 0.121 e. The van der Waals surface area contributed by atoms with Crippen molar-refractivity contribution in [2.24, 2.45) is 0 Å². The van der Waals surface area contributed by atoms with Crippen molar-refractivity contribution >= 4 is 0 Å². The Balaban J connectivity index is 2.88. The maximum atomic E-state index is 5.29. The van der Waals surface area contributed by atoms with E-state index in [1.807, 2.05) is 13.0 Å². The molecular weight excluding hydrogens is 222 g/mol. The maximum absolute atomic E-state index is 5.29. The Morgan fingerprint density at radius 3 is 2.72 bits per heavy atom. The summed E-state index contributed by atoms with van der Waals surface area (Å²) >= 11 is 0. The second-order valence-electron chi connectivity index (χ2n) is 4.37. The first-order valence-electron chi connectivity index (χ1n) is 6.50. The molecule has 0 aliphatic carbocycles. The Labute approximate surface area is 111 Å². The molecule has 0 fully saturated rings. The third-order valence-electron chi connectivity index (χ3n) is 2.94. The number of rotatable bonds is 6. The zero-order chi connectivity index (χ0) is 13.4. The summed E-state index contributed by atoms with van der Waals surface area (Å²) in [5.74, 6) is 7.07. The van der Waals surface area contributed by atoms with E-state index in [1.165, 1.54) is 11.1 Å². The van der Waals surface area contributed by atoms with Gasteiger partial charge in [-0.3, -0.25) is 0 Å². The Morgan fingerprint density at radius 1 is 1.39 bits per heavy atom. The molecule has 0 aliphatic rings. The van der Waals surface area contributed by atoms with Crippen LogP contribution in [0, 0.1) is 18.8 Å². The van der Waals surface area contributed by atoms with Gasteiger partial charge in [-0.15, -0.1) is 11.8 Å². The van der Waals surface area contributed by atoms with Gasteiger partial charge in [0, 0.05) is 12.5 Å². The van der Waals surface area contributed by atoms with E-state index < -0.39 is 0 Å². The van der Waals surface area contributed by atoms with Crippen molar-refractivity contribution in [3.63, 3.8) is 0 Å². The molecule has 98 valence electrons. The number of methoxy groups -OCH3 is 1. The van der Waals surface area contributed by atoms with Crippen LogP contribution in [0.2, 0.25) is 0 Å². The highest BCUT2D eigenvalue weighted by molar-refractivity contribution is 5.37. The number of aryl methyl sites for hydroxylation is 1. The fraction of sp³-hybridized carbons (Fsp3) is 0.500. The zero-order valence-corrected chi connectivity index (χ0v) is 11.8. The van der Waals surface area contributed by atoms with Crippen molar-refractivity contribution < 1.29 is 4.74 Å². The molecule has 0 saturated carbocycles. The van der Waals surface area contributed by atoms with Gasteiger partial charge in [0.15, 0.2) is 0 Å². The molecule has 0 heterocycles. The summed E-state index contributed by atoms with van der Waals surface area (Å²) in [6.07, 6.45) is 1.98. The van der Waals surface area contributed by atoms with Crippen LogP contribution in [0.25, 0.3) is 0 Å². The third-order valence-corrected chi connectivity index (χ3v) is 2.94. The number of hydrogen-bond acceptors (Lipinski definition) is 2. The summed E-state index contributed by atoms with van der Waals surface area (Å²) in [4.78, 5) is 0. The Bertz CT molecular complexity index is 428. The molecule has 0 amide bonds. The van der Waals surface area contributed by atoms with E-state index in [-0.39, 0.29) is 0 Å². The Kier molecular flexibility index (Phi) is 6.32. The lowest BCUT2D eigenvalue weighted by atomic mass is 10.0. The molecule has 0 aliphatic heterocycles. The highest BCUT2D eigenvalue weighted by Crippen LogP contribution is 2.24. The molecular formula is C16H23NO. The third kappa shape index (κ3) is 4.09. The minimum absolute atomic E-state index is 0.307.